The third kappa shape index (κ3) is 3.45. The Kier molecular flexibility index (Phi) is 4.92. The average molecular weight is 450 g/mol. The quantitative estimate of drug-likeness (QED) is 0.557. The van der Waals surface area contributed by atoms with Crippen LogP contribution in [0.5, 0.6) is 0 Å². The van der Waals surface area contributed by atoms with Crippen LogP contribution in [0, 0.1) is 0 Å². The minimum atomic E-state index is -0.691. The zero-order chi connectivity index (χ0) is 21.5. The maximum atomic E-state index is 13.3. The average Bonchev–Trinajstić information content (AvgIpc) is 3.51. The molecule has 0 spiro atoms. The number of hydrogen-bond acceptors (Lipinski definition) is 5. The molecule has 3 heterocycles. The number of thiophene rings is 1. The van der Waals surface area contributed by atoms with Crippen LogP contribution in [0.4, 0.5) is 5.69 Å². The molecule has 2 aromatic carbocycles. The van der Waals surface area contributed by atoms with E-state index in [2.05, 4.69) is 5.10 Å². The molecule has 0 radical (unpaired) electrons. The molecular weight excluding hydrogens is 434 g/mol. The van der Waals surface area contributed by atoms with Gasteiger partial charge in [-0.15, -0.1) is 11.3 Å². The molecule has 8 heteroatoms. The molecule has 1 unspecified atom stereocenters. The highest BCUT2D eigenvalue weighted by Crippen LogP contribution is 2.36. The zero-order valence-electron chi connectivity index (χ0n) is 16.2. The lowest BCUT2D eigenvalue weighted by atomic mass is 10.0. The number of fused-ring (bicyclic) bond motifs is 1. The first-order valence-corrected chi connectivity index (χ1v) is 10.9. The van der Waals surface area contributed by atoms with E-state index in [1.54, 1.807) is 47.7 Å². The molecule has 0 N–H and O–H groups in total. The SMILES string of the molecule is O=C1C(=O)N(CC(=O)N2N=C(c3ccc(Cl)cc3)CC2c2cccs2)c2ccccc21. The molecule has 154 valence electrons. The Bertz CT molecular complexity index is 1220. The Morgan fingerprint density at radius 3 is 2.58 bits per heavy atom. The number of carbonyl (C=O) groups is 3. The monoisotopic (exact) mass is 449 g/mol. The minimum absolute atomic E-state index is 0.249. The van der Waals surface area contributed by atoms with Crippen molar-refractivity contribution in [3.05, 3.63) is 87.1 Å². The van der Waals surface area contributed by atoms with E-state index >= 15 is 0 Å². The topological polar surface area (TPSA) is 70.1 Å². The summed E-state index contributed by atoms with van der Waals surface area (Å²) in [5.74, 6) is -1.63. The number of hydrazone groups is 1. The fourth-order valence-electron chi connectivity index (χ4n) is 3.87. The fraction of sp³-hybridized carbons (Fsp3) is 0.130. The van der Waals surface area contributed by atoms with Gasteiger partial charge in [0.2, 0.25) is 0 Å². The van der Waals surface area contributed by atoms with Crippen LogP contribution in [0.3, 0.4) is 0 Å². The van der Waals surface area contributed by atoms with E-state index in [0.29, 0.717) is 22.7 Å². The number of anilines is 1. The molecule has 3 aromatic rings. The van der Waals surface area contributed by atoms with Crippen LogP contribution in [-0.2, 0) is 9.59 Å². The summed E-state index contributed by atoms with van der Waals surface area (Å²) in [5.41, 5.74) is 2.44. The summed E-state index contributed by atoms with van der Waals surface area (Å²) in [7, 11) is 0. The lowest BCUT2D eigenvalue weighted by Crippen LogP contribution is -2.40. The predicted molar refractivity (Wildman–Crippen MR) is 120 cm³/mol. The van der Waals surface area contributed by atoms with Crippen molar-refractivity contribution in [3.8, 4) is 0 Å². The van der Waals surface area contributed by atoms with Crippen molar-refractivity contribution in [2.75, 3.05) is 11.4 Å². The third-order valence-corrected chi connectivity index (χ3v) is 6.61. The summed E-state index contributed by atoms with van der Waals surface area (Å²) < 4.78 is 0. The molecule has 1 atom stereocenters. The summed E-state index contributed by atoms with van der Waals surface area (Å²) in [5, 5.41) is 8.63. The van der Waals surface area contributed by atoms with E-state index in [9.17, 15) is 14.4 Å². The largest absolute Gasteiger partial charge is 0.299 e. The molecule has 0 aliphatic carbocycles. The van der Waals surface area contributed by atoms with Crippen LogP contribution in [0.15, 0.2) is 71.1 Å². The summed E-state index contributed by atoms with van der Waals surface area (Å²) in [4.78, 5) is 40.3. The number of rotatable bonds is 4. The summed E-state index contributed by atoms with van der Waals surface area (Å²) in [6.07, 6.45) is 0.553. The van der Waals surface area contributed by atoms with Crippen molar-refractivity contribution >= 4 is 51.9 Å². The summed E-state index contributed by atoms with van der Waals surface area (Å²) in [6.45, 7) is -0.249. The van der Waals surface area contributed by atoms with Crippen LogP contribution in [0.25, 0.3) is 0 Å². The Balaban J connectivity index is 1.46. The highest BCUT2D eigenvalue weighted by molar-refractivity contribution is 7.10. The van der Waals surface area contributed by atoms with E-state index < -0.39 is 11.7 Å². The maximum Gasteiger partial charge on any atom is 0.299 e. The van der Waals surface area contributed by atoms with Gasteiger partial charge in [0.25, 0.3) is 17.6 Å². The Morgan fingerprint density at radius 2 is 1.84 bits per heavy atom. The molecule has 5 rings (SSSR count). The van der Waals surface area contributed by atoms with Gasteiger partial charge in [-0.25, -0.2) is 5.01 Å². The molecule has 2 aliphatic heterocycles. The van der Waals surface area contributed by atoms with Gasteiger partial charge in [0.15, 0.2) is 0 Å². The molecule has 2 aliphatic rings. The van der Waals surface area contributed by atoms with E-state index in [-0.39, 0.29) is 18.5 Å². The van der Waals surface area contributed by atoms with Gasteiger partial charge in [0.05, 0.1) is 23.0 Å². The third-order valence-electron chi connectivity index (χ3n) is 5.39. The number of nitrogens with zero attached hydrogens (tertiary/aromatic N) is 3. The number of para-hydroxylation sites is 1. The van der Waals surface area contributed by atoms with Crippen LogP contribution >= 0.6 is 22.9 Å². The second-order valence-corrected chi connectivity index (χ2v) is 8.68. The number of ketones is 1. The minimum Gasteiger partial charge on any atom is -0.295 e. The smallest absolute Gasteiger partial charge is 0.295 e. The van der Waals surface area contributed by atoms with Gasteiger partial charge in [-0.1, -0.05) is 41.9 Å². The number of carbonyl (C=O) groups excluding carboxylic acids is 3. The molecule has 0 saturated carbocycles. The number of Topliss-reactive ketones (excluding diaryl/α,β-unsaturated/α-hetero) is 1. The maximum absolute atomic E-state index is 13.3. The number of benzene rings is 2. The number of amides is 2. The zero-order valence-corrected chi connectivity index (χ0v) is 17.8. The van der Waals surface area contributed by atoms with Crippen molar-refractivity contribution in [3.63, 3.8) is 0 Å². The number of hydrogen-bond donors (Lipinski definition) is 0. The first-order chi connectivity index (χ1) is 15.0. The van der Waals surface area contributed by atoms with Gasteiger partial charge in [-0.2, -0.15) is 5.10 Å². The number of halogens is 1. The fourth-order valence-corrected chi connectivity index (χ4v) is 4.81. The van der Waals surface area contributed by atoms with Crippen LogP contribution in [0.2, 0.25) is 5.02 Å². The first-order valence-electron chi connectivity index (χ1n) is 9.67. The van der Waals surface area contributed by atoms with E-state index in [4.69, 9.17) is 11.6 Å². The van der Waals surface area contributed by atoms with Crippen molar-refractivity contribution in [1.82, 2.24) is 5.01 Å². The Labute approximate surface area is 187 Å². The molecule has 6 nitrogen and oxygen atoms in total. The van der Waals surface area contributed by atoms with Crippen molar-refractivity contribution in [1.29, 1.82) is 0 Å². The van der Waals surface area contributed by atoms with Gasteiger partial charge in [-0.3, -0.25) is 19.3 Å². The molecule has 0 fully saturated rings. The predicted octanol–water partition coefficient (Wildman–Crippen LogP) is 4.31. The van der Waals surface area contributed by atoms with Crippen molar-refractivity contribution < 1.29 is 14.4 Å². The highest BCUT2D eigenvalue weighted by atomic mass is 35.5. The van der Waals surface area contributed by atoms with Crippen molar-refractivity contribution in [2.45, 2.75) is 12.5 Å². The van der Waals surface area contributed by atoms with Gasteiger partial charge in [0.1, 0.15) is 6.54 Å². The highest BCUT2D eigenvalue weighted by Gasteiger charge is 2.40. The second-order valence-electron chi connectivity index (χ2n) is 7.26. The molecule has 0 bridgehead atoms. The first kappa shape index (κ1) is 19.7. The standard InChI is InChI=1S/C23H16ClN3O3S/c24-15-9-7-14(8-10-15)17-12-19(20-6-3-11-31-20)27(25-17)21(28)13-26-18-5-2-1-4-16(18)22(29)23(26)30/h1-11,19H,12-13H2. The Hall–Kier alpha value is -3.29. The van der Waals surface area contributed by atoms with Crippen LogP contribution in [-0.4, -0.2) is 34.9 Å². The van der Waals surface area contributed by atoms with E-state index in [1.807, 2.05) is 29.6 Å². The lowest BCUT2D eigenvalue weighted by molar-refractivity contribution is -0.132. The van der Waals surface area contributed by atoms with E-state index in [1.165, 1.54) is 9.91 Å². The molecule has 31 heavy (non-hydrogen) atoms. The lowest BCUT2D eigenvalue weighted by Gasteiger charge is -2.23. The normalized spacial score (nSPS) is 17.8. The Morgan fingerprint density at radius 1 is 1.06 bits per heavy atom. The molecule has 2 amide bonds. The second kappa shape index (κ2) is 7.76. The van der Waals surface area contributed by atoms with Gasteiger partial charge >= 0.3 is 0 Å². The van der Waals surface area contributed by atoms with Crippen LogP contribution < -0.4 is 4.90 Å². The van der Waals surface area contributed by atoms with Gasteiger partial charge < -0.3 is 0 Å². The molecule has 0 saturated heterocycles. The summed E-state index contributed by atoms with van der Waals surface area (Å²) in [6, 6.07) is 17.7. The van der Waals surface area contributed by atoms with Gasteiger partial charge in [-0.05, 0) is 41.3 Å². The van der Waals surface area contributed by atoms with E-state index in [0.717, 1.165) is 16.2 Å². The van der Waals surface area contributed by atoms with Crippen LogP contribution in [0.1, 0.15) is 33.3 Å². The molecule has 1 aromatic heterocycles. The van der Waals surface area contributed by atoms with Gasteiger partial charge in [0, 0.05) is 16.3 Å². The summed E-state index contributed by atoms with van der Waals surface area (Å²) >= 11 is 7.55. The molecular formula is C23H16ClN3O3S. The van der Waals surface area contributed by atoms with Crippen molar-refractivity contribution in [2.24, 2.45) is 5.10 Å².